The Morgan fingerprint density at radius 2 is 2.04 bits per heavy atom. The second-order valence-corrected chi connectivity index (χ2v) is 6.57. The van der Waals surface area contributed by atoms with Gasteiger partial charge in [-0.1, -0.05) is 0 Å². The van der Waals surface area contributed by atoms with Crippen molar-refractivity contribution in [1.29, 1.82) is 0 Å². The van der Waals surface area contributed by atoms with Gasteiger partial charge in [-0.3, -0.25) is 14.9 Å². The van der Waals surface area contributed by atoms with Gasteiger partial charge in [0.25, 0.3) is 5.69 Å². The van der Waals surface area contributed by atoms with Gasteiger partial charge in [0.15, 0.2) is 0 Å². The maximum atomic E-state index is 12.3. The number of carbonyl (C=O) groups excluding carboxylic acids is 2. The van der Waals surface area contributed by atoms with Gasteiger partial charge in [0.05, 0.1) is 21.9 Å². The molecule has 8 heteroatoms. The van der Waals surface area contributed by atoms with Gasteiger partial charge in [-0.2, -0.15) is 0 Å². The number of nitrogens with one attached hydrogen (secondary N) is 1. The van der Waals surface area contributed by atoms with E-state index in [0.29, 0.717) is 16.8 Å². The van der Waals surface area contributed by atoms with Crippen molar-refractivity contribution in [2.75, 3.05) is 16.8 Å². The molecule has 0 aliphatic carbocycles. The van der Waals surface area contributed by atoms with Gasteiger partial charge in [-0.15, -0.1) is 0 Å². The summed E-state index contributed by atoms with van der Waals surface area (Å²) in [5.41, 5.74) is 2.51. The minimum absolute atomic E-state index is 0.00840. The van der Waals surface area contributed by atoms with Crippen molar-refractivity contribution in [2.24, 2.45) is 0 Å². The number of fused-ring (bicyclic) bond motifs is 3. The molecule has 0 spiro atoms. The molecule has 2 aliphatic heterocycles. The molecule has 138 valence electrons. The Morgan fingerprint density at radius 1 is 1.26 bits per heavy atom. The van der Waals surface area contributed by atoms with Crippen molar-refractivity contribution in [2.45, 2.75) is 25.5 Å². The molecule has 0 radical (unpaired) electrons. The number of esters is 1. The summed E-state index contributed by atoms with van der Waals surface area (Å²) in [4.78, 5) is 36.8. The summed E-state index contributed by atoms with van der Waals surface area (Å²) in [6.45, 7) is 0.837. The number of hydrogen-bond donors (Lipinski definition) is 1. The number of rotatable bonds is 4. The molecule has 2 aromatic rings. The number of amides is 1. The van der Waals surface area contributed by atoms with Crippen molar-refractivity contribution in [3.8, 4) is 0 Å². The molecular weight excluding hydrogens is 350 g/mol. The molecular formula is C19H17N3O5. The molecule has 0 aromatic heterocycles. The summed E-state index contributed by atoms with van der Waals surface area (Å²) in [5.74, 6) is -0.564. The fourth-order valence-corrected chi connectivity index (χ4v) is 3.50. The average molecular weight is 367 g/mol. The molecule has 0 unspecified atom stereocenters. The highest BCUT2D eigenvalue weighted by Crippen LogP contribution is 2.37. The lowest BCUT2D eigenvalue weighted by atomic mass is 10.1. The van der Waals surface area contributed by atoms with E-state index in [9.17, 15) is 19.7 Å². The third-order valence-electron chi connectivity index (χ3n) is 4.87. The Hall–Kier alpha value is -3.42. The van der Waals surface area contributed by atoms with E-state index >= 15 is 0 Å². The zero-order chi connectivity index (χ0) is 19.0. The number of carbonyl (C=O) groups is 2. The lowest BCUT2D eigenvalue weighted by molar-refractivity contribution is -0.384. The normalized spacial score (nSPS) is 17.7. The molecule has 2 aromatic carbocycles. The maximum absolute atomic E-state index is 12.3. The van der Waals surface area contributed by atoms with Crippen molar-refractivity contribution >= 4 is 28.9 Å². The molecule has 2 heterocycles. The topological polar surface area (TPSA) is 102 Å². The molecule has 1 saturated heterocycles. The minimum Gasteiger partial charge on any atom is -0.457 e. The first-order valence-electron chi connectivity index (χ1n) is 8.65. The van der Waals surface area contributed by atoms with Gasteiger partial charge in [0.2, 0.25) is 5.91 Å². The van der Waals surface area contributed by atoms with Crippen LogP contribution in [0.1, 0.15) is 28.8 Å². The molecule has 1 fully saturated rings. The van der Waals surface area contributed by atoms with Crippen LogP contribution < -0.4 is 10.2 Å². The third kappa shape index (κ3) is 3.21. The summed E-state index contributed by atoms with van der Waals surface area (Å²) in [6.07, 6.45) is 1.81. The predicted molar refractivity (Wildman–Crippen MR) is 97.7 cm³/mol. The van der Waals surface area contributed by atoms with Crippen LogP contribution in [0.5, 0.6) is 0 Å². The number of hydrogen-bond acceptors (Lipinski definition) is 6. The highest BCUT2D eigenvalue weighted by Gasteiger charge is 2.36. The van der Waals surface area contributed by atoms with Crippen LogP contribution in [0, 0.1) is 10.1 Å². The SMILES string of the molecule is O=C(OCc1ccc([N+](=O)[O-])cc1)c1ccc2c(c1)NC(=O)[C@H]1CCCN21. The van der Waals surface area contributed by atoms with Gasteiger partial charge in [-0.25, -0.2) is 4.79 Å². The van der Waals surface area contributed by atoms with Crippen LogP contribution in [0.4, 0.5) is 17.1 Å². The van der Waals surface area contributed by atoms with E-state index in [0.717, 1.165) is 25.1 Å². The highest BCUT2D eigenvalue weighted by atomic mass is 16.6. The standard InChI is InChI=1S/C19H17N3O5/c23-18-17-2-1-9-21(17)16-8-5-13(10-15(16)20-18)19(24)27-11-12-3-6-14(7-4-12)22(25)26/h3-8,10,17H,1-2,9,11H2,(H,20,23)/t17-/m1/s1. The van der Waals surface area contributed by atoms with Gasteiger partial charge in [0.1, 0.15) is 12.6 Å². The van der Waals surface area contributed by atoms with Gasteiger partial charge in [-0.05, 0) is 48.7 Å². The van der Waals surface area contributed by atoms with E-state index in [1.807, 2.05) is 6.07 Å². The third-order valence-corrected chi connectivity index (χ3v) is 4.87. The molecule has 1 N–H and O–H groups in total. The largest absolute Gasteiger partial charge is 0.457 e. The van der Waals surface area contributed by atoms with E-state index in [-0.39, 0.29) is 24.2 Å². The number of nitro benzene ring substituents is 1. The Kier molecular flexibility index (Phi) is 4.23. The van der Waals surface area contributed by atoms with Crippen LogP contribution in [-0.4, -0.2) is 29.4 Å². The molecule has 0 bridgehead atoms. The second kappa shape index (κ2) is 6.71. The summed E-state index contributed by atoms with van der Waals surface area (Å²) >= 11 is 0. The highest BCUT2D eigenvalue weighted by molar-refractivity contribution is 6.05. The monoisotopic (exact) mass is 367 g/mol. The summed E-state index contributed by atoms with van der Waals surface area (Å²) in [7, 11) is 0. The summed E-state index contributed by atoms with van der Waals surface area (Å²) in [6, 6.07) is 10.8. The quantitative estimate of drug-likeness (QED) is 0.506. The predicted octanol–water partition coefficient (Wildman–Crippen LogP) is 2.87. The van der Waals surface area contributed by atoms with Crippen LogP contribution in [0.15, 0.2) is 42.5 Å². The van der Waals surface area contributed by atoms with Crippen molar-refractivity contribution in [3.63, 3.8) is 0 Å². The molecule has 1 atom stereocenters. The first kappa shape index (κ1) is 17.0. The summed E-state index contributed by atoms with van der Waals surface area (Å²) in [5, 5.41) is 13.5. The van der Waals surface area contributed by atoms with E-state index in [1.165, 1.54) is 12.1 Å². The van der Waals surface area contributed by atoms with E-state index in [4.69, 9.17) is 4.74 Å². The zero-order valence-electron chi connectivity index (χ0n) is 14.4. The first-order valence-corrected chi connectivity index (χ1v) is 8.65. The lowest BCUT2D eigenvalue weighted by Gasteiger charge is -2.33. The number of anilines is 2. The number of benzene rings is 2. The number of nitrogens with zero attached hydrogens (tertiary/aromatic N) is 2. The van der Waals surface area contributed by atoms with Crippen molar-refractivity contribution in [3.05, 3.63) is 63.7 Å². The second-order valence-electron chi connectivity index (χ2n) is 6.57. The van der Waals surface area contributed by atoms with Gasteiger partial charge in [0, 0.05) is 18.7 Å². The number of non-ortho nitro benzene ring substituents is 1. The van der Waals surface area contributed by atoms with Crippen LogP contribution in [0.2, 0.25) is 0 Å². The lowest BCUT2D eigenvalue weighted by Crippen LogP contribution is -2.43. The number of ether oxygens (including phenoxy) is 1. The molecule has 4 rings (SSSR count). The molecule has 27 heavy (non-hydrogen) atoms. The summed E-state index contributed by atoms with van der Waals surface area (Å²) < 4.78 is 5.28. The van der Waals surface area contributed by atoms with Gasteiger partial charge < -0.3 is 15.0 Å². The van der Waals surface area contributed by atoms with E-state index in [1.54, 1.807) is 24.3 Å². The zero-order valence-corrected chi connectivity index (χ0v) is 14.4. The van der Waals surface area contributed by atoms with E-state index in [2.05, 4.69) is 10.2 Å². The maximum Gasteiger partial charge on any atom is 0.338 e. The molecule has 2 aliphatic rings. The number of nitro groups is 1. The molecule has 1 amide bonds. The fraction of sp³-hybridized carbons (Fsp3) is 0.263. The Morgan fingerprint density at radius 3 is 2.78 bits per heavy atom. The minimum atomic E-state index is -0.519. The van der Waals surface area contributed by atoms with Crippen molar-refractivity contribution < 1.29 is 19.2 Å². The first-order chi connectivity index (χ1) is 13.0. The van der Waals surface area contributed by atoms with E-state index < -0.39 is 10.9 Å². The Balaban J connectivity index is 1.46. The van der Waals surface area contributed by atoms with Crippen molar-refractivity contribution in [1.82, 2.24) is 0 Å². The van der Waals surface area contributed by atoms with Gasteiger partial charge >= 0.3 is 5.97 Å². The van der Waals surface area contributed by atoms with Crippen LogP contribution in [0.3, 0.4) is 0 Å². The Bertz CT molecular complexity index is 925. The fourth-order valence-electron chi connectivity index (χ4n) is 3.50. The Labute approximate surface area is 154 Å². The molecule has 0 saturated carbocycles. The van der Waals surface area contributed by atoms with Crippen LogP contribution in [-0.2, 0) is 16.1 Å². The average Bonchev–Trinajstić information content (AvgIpc) is 3.17. The van der Waals surface area contributed by atoms with Crippen LogP contribution in [0.25, 0.3) is 0 Å². The molecule has 8 nitrogen and oxygen atoms in total. The van der Waals surface area contributed by atoms with Crippen LogP contribution >= 0.6 is 0 Å². The smallest absolute Gasteiger partial charge is 0.338 e.